The summed E-state index contributed by atoms with van der Waals surface area (Å²) < 4.78 is 27.5. The van der Waals surface area contributed by atoms with Gasteiger partial charge in [0.1, 0.15) is 0 Å². The van der Waals surface area contributed by atoms with Gasteiger partial charge in [0.05, 0.1) is 27.4 Å². The number of sulfonamides is 1. The van der Waals surface area contributed by atoms with Crippen molar-refractivity contribution in [2.75, 3.05) is 5.32 Å². The standard InChI is InChI=1S/C25H24N4O3S/c1-3-17(2)29-33(31,32)19-13-11-18(12-14-19)27-25(30)21-16-24(23-10-6-7-15-26-23)28-22-9-5-4-8-20(21)22/h4-17,29H,3H2,1-2H3,(H,27,30). The molecular formula is C25H24N4O3S. The fourth-order valence-electron chi connectivity index (χ4n) is 3.34. The lowest BCUT2D eigenvalue weighted by Crippen LogP contribution is -2.31. The SMILES string of the molecule is CCC(C)NS(=O)(=O)c1ccc(NC(=O)c2cc(-c3ccccn3)nc3ccccc23)cc1. The van der Waals surface area contributed by atoms with Crippen molar-refractivity contribution in [3.8, 4) is 11.4 Å². The Kier molecular flexibility index (Phi) is 6.48. The zero-order valence-corrected chi connectivity index (χ0v) is 19.1. The molecule has 4 aromatic rings. The maximum Gasteiger partial charge on any atom is 0.256 e. The second kappa shape index (κ2) is 9.48. The predicted molar refractivity (Wildman–Crippen MR) is 129 cm³/mol. The van der Waals surface area contributed by atoms with E-state index in [2.05, 4.69) is 20.0 Å². The summed E-state index contributed by atoms with van der Waals surface area (Å²) in [5.74, 6) is -0.320. The Labute approximate surface area is 193 Å². The van der Waals surface area contributed by atoms with Crippen LogP contribution in [-0.4, -0.2) is 30.3 Å². The number of para-hydroxylation sites is 1. The van der Waals surface area contributed by atoms with Crippen LogP contribution >= 0.6 is 0 Å². The van der Waals surface area contributed by atoms with Crippen molar-refractivity contribution in [1.82, 2.24) is 14.7 Å². The van der Waals surface area contributed by atoms with Crippen LogP contribution in [0.2, 0.25) is 0 Å². The molecule has 2 aromatic carbocycles. The van der Waals surface area contributed by atoms with Crippen LogP contribution < -0.4 is 10.0 Å². The van der Waals surface area contributed by atoms with Crippen molar-refractivity contribution >= 4 is 32.5 Å². The summed E-state index contributed by atoms with van der Waals surface area (Å²) in [5.41, 5.74) is 2.89. The molecule has 4 rings (SSSR count). The monoisotopic (exact) mass is 460 g/mol. The molecule has 2 aromatic heterocycles. The number of nitrogens with one attached hydrogen (secondary N) is 2. The average Bonchev–Trinajstić information content (AvgIpc) is 2.83. The number of nitrogens with zero attached hydrogens (tertiary/aromatic N) is 2. The number of carbonyl (C=O) groups is 1. The summed E-state index contributed by atoms with van der Waals surface area (Å²) in [4.78, 5) is 22.3. The molecule has 1 atom stereocenters. The molecule has 0 spiro atoms. The predicted octanol–water partition coefficient (Wildman–Crippen LogP) is 4.63. The van der Waals surface area contributed by atoms with Crippen LogP contribution in [0.1, 0.15) is 30.6 Å². The number of hydrogen-bond donors (Lipinski definition) is 2. The summed E-state index contributed by atoms with van der Waals surface area (Å²) in [6.45, 7) is 3.72. The van der Waals surface area contributed by atoms with E-state index in [0.717, 1.165) is 0 Å². The first-order chi connectivity index (χ1) is 15.9. The molecule has 2 N–H and O–H groups in total. The van der Waals surface area contributed by atoms with Crippen molar-refractivity contribution in [3.05, 3.63) is 84.6 Å². The van der Waals surface area contributed by atoms with Gasteiger partial charge in [0.2, 0.25) is 10.0 Å². The molecule has 0 aliphatic rings. The summed E-state index contributed by atoms with van der Waals surface area (Å²) >= 11 is 0. The summed E-state index contributed by atoms with van der Waals surface area (Å²) in [6, 6.07) is 20.6. The van der Waals surface area contributed by atoms with Crippen LogP contribution in [0.15, 0.2) is 83.9 Å². The second-order valence-electron chi connectivity index (χ2n) is 7.70. The molecule has 1 unspecified atom stereocenters. The highest BCUT2D eigenvalue weighted by molar-refractivity contribution is 7.89. The van der Waals surface area contributed by atoms with Crippen molar-refractivity contribution in [1.29, 1.82) is 0 Å². The largest absolute Gasteiger partial charge is 0.322 e. The summed E-state index contributed by atoms with van der Waals surface area (Å²) in [5, 5.41) is 3.57. The zero-order chi connectivity index (χ0) is 23.4. The molecule has 33 heavy (non-hydrogen) atoms. The lowest BCUT2D eigenvalue weighted by atomic mass is 10.1. The van der Waals surface area contributed by atoms with E-state index in [4.69, 9.17) is 0 Å². The van der Waals surface area contributed by atoms with Gasteiger partial charge in [-0.3, -0.25) is 9.78 Å². The first-order valence-electron chi connectivity index (χ1n) is 10.6. The molecule has 168 valence electrons. The van der Waals surface area contributed by atoms with E-state index in [-0.39, 0.29) is 16.8 Å². The Bertz CT molecular complexity index is 1390. The van der Waals surface area contributed by atoms with Gasteiger partial charge >= 0.3 is 0 Å². The fourth-order valence-corrected chi connectivity index (χ4v) is 4.67. The third-order valence-electron chi connectivity index (χ3n) is 5.28. The van der Waals surface area contributed by atoms with E-state index in [9.17, 15) is 13.2 Å². The molecule has 0 saturated heterocycles. The van der Waals surface area contributed by atoms with Crippen LogP contribution in [0, 0.1) is 0 Å². The average molecular weight is 461 g/mol. The van der Waals surface area contributed by atoms with Crippen molar-refractivity contribution in [2.24, 2.45) is 0 Å². The molecule has 1 amide bonds. The molecule has 0 saturated carbocycles. The lowest BCUT2D eigenvalue weighted by Gasteiger charge is -2.13. The number of pyridine rings is 2. The molecule has 7 nitrogen and oxygen atoms in total. The normalized spacial score (nSPS) is 12.4. The number of fused-ring (bicyclic) bond motifs is 1. The van der Waals surface area contributed by atoms with E-state index in [1.165, 1.54) is 12.1 Å². The van der Waals surface area contributed by atoms with Crippen LogP contribution in [0.5, 0.6) is 0 Å². The van der Waals surface area contributed by atoms with Gasteiger partial charge in [0.15, 0.2) is 0 Å². The first-order valence-corrected chi connectivity index (χ1v) is 12.1. The minimum atomic E-state index is -3.61. The Morgan fingerprint density at radius 3 is 2.39 bits per heavy atom. The van der Waals surface area contributed by atoms with Gasteiger partial charge in [0, 0.05) is 23.3 Å². The van der Waals surface area contributed by atoms with Crippen LogP contribution in [0.3, 0.4) is 0 Å². The fraction of sp³-hybridized carbons (Fsp3) is 0.160. The number of rotatable bonds is 7. The quantitative estimate of drug-likeness (QED) is 0.419. The van der Waals surface area contributed by atoms with Gasteiger partial charge in [-0.2, -0.15) is 0 Å². The Balaban J connectivity index is 1.63. The van der Waals surface area contributed by atoms with Crippen LogP contribution in [0.4, 0.5) is 5.69 Å². The lowest BCUT2D eigenvalue weighted by molar-refractivity contribution is 0.102. The third-order valence-corrected chi connectivity index (χ3v) is 6.88. The molecule has 0 radical (unpaired) electrons. The number of carbonyl (C=O) groups excluding carboxylic acids is 1. The molecular weight excluding hydrogens is 436 g/mol. The molecule has 0 fully saturated rings. The molecule has 0 bridgehead atoms. The van der Waals surface area contributed by atoms with E-state index >= 15 is 0 Å². The Hall–Kier alpha value is -3.62. The van der Waals surface area contributed by atoms with Gasteiger partial charge in [-0.05, 0) is 61.9 Å². The Morgan fingerprint density at radius 2 is 1.70 bits per heavy atom. The molecule has 2 heterocycles. The van der Waals surface area contributed by atoms with Gasteiger partial charge < -0.3 is 5.32 Å². The van der Waals surface area contributed by atoms with Gasteiger partial charge in [-0.1, -0.05) is 31.2 Å². The molecule has 0 aliphatic heterocycles. The van der Waals surface area contributed by atoms with E-state index in [0.29, 0.717) is 40.0 Å². The highest BCUT2D eigenvalue weighted by Crippen LogP contribution is 2.25. The van der Waals surface area contributed by atoms with Crippen molar-refractivity contribution < 1.29 is 13.2 Å². The van der Waals surface area contributed by atoms with Gasteiger partial charge in [-0.25, -0.2) is 18.1 Å². The van der Waals surface area contributed by atoms with Crippen LogP contribution in [-0.2, 0) is 10.0 Å². The van der Waals surface area contributed by atoms with Gasteiger partial charge in [0.25, 0.3) is 5.91 Å². The summed E-state index contributed by atoms with van der Waals surface area (Å²) in [6.07, 6.45) is 2.37. The van der Waals surface area contributed by atoms with Crippen molar-refractivity contribution in [3.63, 3.8) is 0 Å². The van der Waals surface area contributed by atoms with Gasteiger partial charge in [-0.15, -0.1) is 0 Å². The minimum Gasteiger partial charge on any atom is -0.322 e. The minimum absolute atomic E-state index is 0.146. The topological polar surface area (TPSA) is 101 Å². The molecule has 8 heteroatoms. The highest BCUT2D eigenvalue weighted by atomic mass is 32.2. The second-order valence-corrected chi connectivity index (χ2v) is 9.41. The zero-order valence-electron chi connectivity index (χ0n) is 18.3. The third kappa shape index (κ3) is 5.08. The highest BCUT2D eigenvalue weighted by Gasteiger charge is 2.18. The molecule has 0 aliphatic carbocycles. The number of benzene rings is 2. The Morgan fingerprint density at radius 1 is 0.970 bits per heavy atom. The maximum atomic E-state index is 13.2. The smallest absolute Gasteiger partial charge is 0.256 e. The first kappa shape index (κ1) is 22.6. The van der Waals surface area contributed by atoms with Crippen LogP contribution in [0.25, 0.3) is 22.3 Å². The number of hydrogen-bond acceptors (Lipinski definition) is 5. The van der Waals surface area contributed by atoms with E-state index in [1.54, 1.807) is 24.4 Å². The number of aromatic nitrogens is 2. The van der Waals surface area contributed by atoms with E-state index in [1.807, 2.05) is 56.3 Å². The number of amides is 1. The maximum absolute atomic E-state index is 13.2. The summed E-state index contributed by atoms with van der Waals surface area (Å²) in [7, 11) is -3.61. The number of anilines is 1. The van der Waals surface area contributed by atoms with E-state index < -0.39 is 10.0 Å². The van der Waals surface area contributed by atoms with Crippen molar-refractivity contribution in [2.45, 2.75) is 31.2 Å².